The van der Waals surface area contributed by atoms with Crippen LogP contribution in [0.3, 0.4) is 0 Å². The molecule has 4 aliphatic carbocycles. The maximum Gasteiger partial charge on any atom is 0.306 e. The van der Waals surface area contributed by atoms with Crippen molar-refractivity contribution in [1.29, 1.82) is 0 Å². The molecule has 0 radical (unpaired) electrons. The molecule has 0 aliphatic heterocycles. The molecule has 0 aromatic heterocycles. The van der Waals surface area contributed by atoms with Crippen molar-refractivity contribution >= 4 is 28.6 Å². The van der Waals surface area contributed by atoms with Gasteiger partial charge in [0.1, 0.15) is 12.2 Å². The quantitative estimate of drug-likeness (QED) is 0.300. The van der Waals surface area contributed by atoms with Crippen LogP contribution in [0.5, 0.6) is 0 Å². The van der Waals surface area contributed by atoms with Crippen LogP contribution < -0.4 is 0 Å². The molecule has 3 fully saturated rings. The second-order valence-electron chi connectivity index (χ2n) is 11.3. The largest absolute Gasteiger partial charge is 0.449 e. The van der Waals surface area contributed by atoms with Gasteiger partial charge in [-0.2, -0.15) is 0 Å². The summed E-state index contributed by atoms with van der Waals surface area (Å²) < 4.78 is 52.6. The monoisotopic (exact) mass is 572 g/mol. The van der Waals surface area contributed by atoms with Gasteiger partial charge in [0.25, 0.3) is 0 Å². The van der Waals surface area contributed by atoms with E-state index in [-0.39, 0.29) is 31.3 Å². The highest BCUT2D eigenvalue weighted by molar-refractivity contribution is 8.13. The number of hydrogen-bond donors (Lipinski definition) is 1. The maximum absolute atomic E-state index is 17.6. The zero-order chi connectivity index (χ0) is 30.2. The molecule has 2 unspecified atom stereocenters. The summed E-state index contributed by atoms with van der Waals surface area (Å²) in [7, 11) is 0. The molecule has 0 amide bonds. The van der Waals surface area contributed by atoms with E-state index in [1.54, 1.807) is 27.7 Å². The molecule has 0 aromatic carbocycles. The van der Waals surface area contributed by atoms with Crippen LogP contribution in [0.25, 0.3) is 0 Å². The molecule has 0 aromatic rings. The van der Waals surface area contributed by atoms with E-state index >= 15 is 8.78 Å². The van der Waals surface area contributed by atoms with Crippen LogP contribution in [0.2, 0.25) is 0 Å². The van der Waals surface area contributed by atoms with E-state index < -0.39 is 74.5 Å². The highest BCUT2D eigenvalue weighted by Crippen LogP contribution is 2.76. The molecule has 9 atom stereocenters. The van der Waals surface area contributed by atoms with E-state index in [0.717, 1.165) is 6.08 Å². The predicted octanol–water partition coefficient (Wildman–Crippen LogP) is 6.65. The number of allylic oxidation sites excluding steroid dienone is 4. The number of halogens is 3. The fourth-order valence-corrected chi connectivity index (χ4v) is 9.08. The van der Waals surface area contributed by atoms with Gasteiger partial charge in [-0.05, 0) is 61.6 Å². The zero-order valence-electron chi connectivity index (χ0n) is 24.1. The van der Waals surface area contributed by atoms with E-state index in [1.807, 2.05) is 13.8 Å². The summed E-state index contributed by atoms with van der Waals surface area (Å²) in [6.45, 7) is 18.1. The lowest BCUT2D eigenvalue weighted by atomic mass is 9.39. The van der Waals surface area contributed by atoms with Gasteiger partial charge in [-0.1, -0.05) is 47.6 Å². The molecule has 9 heteroatoms. The van der Waals surface area contributed by atoms with E-state index in [1.165, 1.54) is 19.1 Å². The molecular weight excluding hydrogens is 529 g/mol. The normalized spacial score (nSPS) is 43.8. The lowest BCUT2D eigenvalue weighted by molar-refractivity contribution is -0.262. The molecule has 5 nitrogen and oxygen atoms in total. The molecule has 0 saturated heterocycles. The maximum atomic E-state index is 17.6. The van der Waals surface area contributed by atoms with E-state index in [0.29, 0.717) is 11.8 Å². The van der Waals surface area contributed by atoms with Gasteiger partial charge in [0.05, 0.1) is 6.10 Å². The van der Waals surface area contributed by atoms with Crippen LogP contribution in [0.4, 0.5) is 13.2 Å². The van der Waals surface area contributed by atoms with Crippen LogP contribution in [-0.4, -0.2) is 51.5 Å². The zero-order valence-corrected chi connectivity index (χ0v) is 24.9. The summed E-state index contributed by atoms with van der Waals surface area (Å²) in [4.78, 5) is 38.0. The van der Waals surface area contributed by atoms with Crippen LogP contribution >= 0.6 is 11.8 Å². The van der Waals surface area contributed by atoms with Gasteiger partial charge in [-0.25, -0.2) is 13.2 Å². The molecule has 220 valence electrons. The lowest BCUT2D eigenvalue weighted by Gasteiger charge is -2.68. The molecule has 0 heterocycles. The first-order chi connectivity index (χ1) is 18.2. The first-order valence-electron chi connectivity index (χ1n) is 13.6. The molecule has 3 saturated carbocycles. The van der Waals surface area contributed by atoms with E-state index in [2.05, 4.69) is 13.2 Å². The second kappa shape index (κ2) is 11.6. The number of carbonyl (C=O) groups is 3. The van der Waals surface area contributed by atoms with Crippen LogP contribution in [0.15, 0.2) is 37.0 Å². The lowest BCUT2D eigenvalue weighted by Crippen LogP contribution is -2.74. The summed E-state index contributed by atoms with van der Waals surface area (Å²) in [5.41, 5.74) is -8.49. The van der Waals surface area contributed by atoms with Gasteiger partial charge in [0.2, 0.25) is 5.12 Å². The van der Waals surface area contributed by atoms with Gasteiger partial charge < -0.3 is 9.84 Å². The smallest absolute Gasteiger partial charge is 0.306 e. The van der Waals surface area contributed by atoms with Gasteiger partial charge in [-0.3, -0.25) is 14.4 Å². The number of ether oxygens (including phenoxy) is 1. The summed E-state index contributed by atoms with van der Waals surface area (Å²) in [6.07, 6.45) is 0.0290. The van der Waals surface area contributed by atoms with Gasteiger partial charge in [0, 0.05) is 28.6 Å². The number of ketones is 1. The van der Waals surface area contributed by atoms with Crippen molar-refractivity contribution < 1.29 is 37.4 Å². The standard InChI is InChI=1S/C26H33F3O5S.C2H6.C2H4/c1-6-20(32)34-25(21(33)35-13-27)14(2)9-18-23(25,4)12-19(31)26(29)22(3)8-7-15(30)10-16(22)17(28)11-24(18,26)5;2*1-2/h7-8,10,14,17-19,31H,6,9,11-13H2,1-5H3;1-2H3;1-2H2/t14-,17+,18?,19+,22?,23+,24+,25+,26+;;/m1../s1. The number of carbonyl (C=O) groups excluding carboxylic acids is 3. The summed E-state index contributed by atoms with van der Waals surface area (Å²) >= 11 is 0.395. The number of hydrogen-bond acceptors (Lipinski definition) is 6. The first-order valence-corrected chi connectivity index (χ1v) is 14.6. The summed E-state index contributed by atoms with van der Waals surface area (Å²) in [5, 5.41) is 10.9. The topological polar surface area (TPSA) is 80.7 Å². The number of thioether (sulfide) groups is 1. The molecule has 0 spiro atoms. The third kappa shape index (κ3) is 4.28. The van der Waals surface area contributed by atoms with Gasteiger partial charge in [0.15, 0.2) is 17.1 Å². The molecular formula is C30H43F3O5S. The Balaban J connectivity index is 0.00000127. The molecule has 1 N–H and O–H groups in total. The molecule has 39 heavy (non-hydrogen) atoms. The van der Waals surface area contributed by atoms with Crippen LogP contribution in [0.1, 0.15) is 74.1 Å². The highest BCUT2D eigenvalue weighted by Gasteiger charge is 2.81. The van der Waals surface area contributed by atoms with Crippen molar-refractivity contribution in [1.82, 2.24) is 0 Å². The van der Waals surface area contributed by atoms with Crippen molar-refractivity contribution in [3.05, 3.63) is 37.0 Å². The Kier molecular flexibility index (Phi) is 9.87. The Hall–Kier alpha value is -1.87. The van der Waals surface area contributed by atoms with Crippen molar-refractivity contribution in [3.63, 3.8) is 0 Å². The number of aliphatic hydroxyl groups is 1. The number of esters is 1. The average Bonchev–Trinajstić information content (AvgIpc) is 3.13. The third-order valence-electron chi connectivity index (χ3n) is 9.80. The van der Waals surface area contributed by atoms with Crippen molar-refractivity contribution in [2.75, 3.05) is 6.01 Å². The molecule has 4 aliphatic rings. The minimum absolute atomic E-state index is 0.00593. The van der Waals surface area contributed by atoms with Gasteiger partial charge >= 0.3 is 5.97 Å². The number of aliphatic hydroxyl groups excluding tert-OH is 1. The van der Waals surface area contributed by atoms with Crippen molar-refractivity contribution in [2.45, 2.75) is 97.7 Å². The Morgan fingerprint density at radius 2 is 1.77 bits per heavy atom. The summed E-state index contributed by atoms with van der Waals surface area (Å²) in [6, 6.07) is -1.03. The number of alkyl halides is 3. The Bertz CT molecular complexity index is 1050. The number of rotatable bonds is 4. The van der Waals surface area contributed by atoms with Crippen LogP contribution in [-0.2, 0) is 19.1 Å². The SMILES string of the molecule is C=C.CC.CCC(=O)O[C@]1(C(=O)SCF)[C@H](C)CC2[C@]1(C)C[C@H](O)[C@]1(F)C3(C)C=CC(=O)C=C3[C@@H](F)C[C@@]21C. The minimum atomic E-state index is -2.36. The highest BCUT2D eigenvalue weighted by atomic mass is 32.2. The molecule has 0 bridgehead atoms. The van der Waals surface area contributed by atoms with Crippen molar-refractivity contribution in [3.8, 4) is 0 Å². The Morgan fingerprint density at radius 1 is 1.18 bits per heavy atom. The molecule has 4 rings (SSSR count). The van der Waals surface area contributed by atoms with E-state index in [9.17, 15) is 23.9 Å². The minimum Gasteiger partial charge on any atom is -0.449 e. The average molecular weight is 573 g/mol. The number of fused-ring (bicyclic) bond motifs is 5. The van der Waals surface area contributed by atoms with E-state index in [4.69, 9.17) is 4.74 Å². The van der Waals surface area contributed by atoms with Crippen LogP contribution in [0, 0.1) is 28.1 Å². The Morgan fingerprint density at radius 3 is 2.31 bits per heavy atom. The van der Waals surface area contributed by atoms with Gasteiger partial charge in [-0.15, -0.1) is 13.2 Å². The predicted molar refractivity (Wildman–Crippen MR) is 148 cm³/mol. The first kappa shape index (κ1) is 33.3. The third-order valence-corrected chi connectivity index (χ3v) is 10.5. The fourth-order valence-electron chi connectivity index (χ4n) is 8.29. The second-order valence-corrected chi connectivity index (χ2v) is 12.1. The fraction of sp³-hybridized carbons (Fsp3) is 0.700. The summed E-state index contributed by atoms with van der Waals surface area (Å²) in [5.74, 6) is -2.37. The van der Waals surface area contributed by atoms with Crippen molar-refractivity contribution in [2.24, 2.45) is 28.1 Å². The Labute approximate surface area is 234 Å².